The van der Waals surface area contributed by atoms with Gasteiger partial charge in [-0.1, -0.05) is 11.6 Å². The molecule has 0 aliphatic rings. The Morgan fingerprint density at radius 1 is 1.19 bits per heavy atom. The Balaban J connectivity index is 2.40. The molecule has 0 fully saturated rings. The van der Waals surface area contributed by atoms with E-state index in [2.05, 4.69) is 34.0 Å². The zero-order valence-electron chi connectivity index (χ0n) is 11.9. The van der Waals surface area contributed by atoms with Gasteiger partial charge in [0.05, 0.1) is 22.1 Å². The van der Waals surface area contributed by atoms with Gasteiger partial charge in [0.15, 0.2) is 11.5 Å². The maximum Gasteiger partial charge on any atom is 0.162 e. The molecule has 1 aromatic carbocycles. The molecule has 0 radical (unpaired) electrons. The highest BCUT2D eigenvalue weighted by Gasteiger charge is 2.18. The van der Waals surface area contributed by atoms with Gasteiger partial charge in [0.1, 0.15) is 0 Å². The maximum absolute atomic E-state index is 6.37. The summed E-state index contributed by atoms with van der Waals surface area (Å²) in [4.78, 5) is 0. The van der Waals surface area contributed by atoms with E-state index in [-0.39, 0.29) is 6.04 Å². The summed E-state index contributed by atoms with van der Waals surface area (Å²) in [5.41, 5.74) is 8.24. The molecule has 0 spiro atoms. The summed E-state index contributed by atoms with van der Waals surface area (Å²) in [5, 5.41) is 2.65. The number of thiophene rings is 1. The molecule has 1 unspecified atom stereocenters. The molecule has 1 atom stereocenters. The monoisotopic (exact) mass is 437 g/mol. The summed E-state index contributed by atoms with van der Waals surface area (Å²) in [5.74, 6) is 1.33. The van der Waals surface area contributed by atoms with Crippen LogP contribution in [0.25, 0.3) is 0 Å². The van der Waals surface area contributed by atoms with Crippen molar-refractivity contribution in [1.82, 2.24) is 0 Å². The van der Waals surface area contributed by atoms with Crippen LogP contribution in [0.3, 0.4) is 0 Å². The van der Waals surface area contributed by atoms with Crippen molar-refractivity contribution >= 4 is 45.5 Å². The first-order valence-electron chi connectivity index (χ1n) is 6.65. The Morgan fingerprint density at radius 3 is 2.33 bits per heavy atom. The molecule has 21 heavy (non-hydrogen) atoms. The minimum Gasteiger partial charge on any atom is -0.490 e. The average Bonchev–Trinajstić information content (AvgIpc) is 2.88. The Morgan fingerprint density at radius 2 is 1.81 bits per heavy atom. The standard InChI is InChI=1S/C15H17ClINO2S/c1-3-19-12-6-10(11(16)7-13(12)20-4-2)15(18)9-5-14(17)21-8-9/h5-8,15H,3-4,18H2,1-2H3. The minimum atomic E-state index is -0.271. The van der Waals surface area contributed by atoms with Gasteiger partial charge in [-0.2, -0.15) is 0 Å². The van der Waals surface area contributed by atoms with E-state index in [4.69, 9.17) is 26.8 Å². The lowest BCUT2D eigenvalue weighted by atomic mass is 10.0. The van der Waals surface area contributed by atoms with E-state index < -0.39 is 0 Å². The number of hydrogen-bond donors (Lipinski definition) is 1. The van der Waals surface area contributed by atoms with Crippen LogP contribution in [-0.2, 0) is 0 Å². The number of rotatable bonds is 6. The van der Waals surface area contributed by atoms with Crippen molar-refractivity contribution in [3.63, 3.8) is 0 Å². The van der Waals surface area contributed by atoms with Gasteiger partial charge in [0, 0.05) is 11.1 Å². The smallest absolute Gasteiger partial charge is 0.162 e. The molecule has 0 bridgehead atoms. The molecule has 114 valence electrons. The van der Waals surface area contributed by atoms with Gasteiger partial charge in [0.2, 0.25) is 0 Å². The lowest BCUT2D eigenvalue weighted by molar-refractivity contribution is 0.287. The molecule has 2 aromatic rings. The number of nitrogens with two attached hydrogens (primary N) is 1. The third-order valence-corrected chi connectivity index (χ3v) is 5.08. The Kier molecular flexibility index (Phi) is 6.16. The van der Waals surface area contributed by atoms with Gasteiger partial charge in [0.25, 0.3) is 0 Å². The third-order valence-electron chi connectivity index (χ3n) is 2.94. The second-order valence-electron chi connectivity index (χ2n) is 4.35. The fraction of sp³-hybridized carbons (Fsp3) is 0.333. The molecule has 1 aromatic heterocycles. The summed E-state index contributed by atoms with van der Waals surface area (Å²) >= 11 is 10.3. The van der Waals surface area contributed by atoms with Crippen molar-refractivity contribution in [2.45, 2.75) is 19.9 Å². The third kappa shape index (κ3) is 4.03. The van der Waals surface area contributed by atoms with E-state index in [1.165, 1.54) is 2.88 Å². The molecule has 0 saturated heterocycles. The number of ether oxygens (including phenoxy) is 2. The summed E-state index contributed by atoms with van der Waals surface area (Å²) < 4.78 is 12.4. The highest BCUT2D eigenvalue weighted by molar-refractivity contribution is 14.1. The molecule has 1 heterocycles. The second kappa shape index (κ2) is 7.67. The van der Waals surface area contributed by atoms with Crippen molar-refractivity contribution in [3.05, 3.63) is 42.6 Å². The van der Waals surface area contributed by atoms with Crippen LogP contribution in [0, 0.1) is 2.88 Å². The first-order chi connectivity index (χ1) is 10.1. The molecule has 2 N–H and O–H groups in total. The van der Waals surface area contributed by atoms with Crippen molar-refractivity contribution < 1.29 is 9.47 Å². The Hall–Kier alpha value is -0.500. The van der Waals surface area contributed by atoms with Crippen LogP contribution in [0.1, 0.15) is 31.0 Å². The quantitative estimate of drug-likeness (QED) is 0.657. The molecule has 0 aliphatic heterocycles. The van der Waals surface area contributed by atoms with Crippen LogP contribution < -0.4 is 15.2 Å². The zero-order chi connectivity index (χ0) is 15.4. The van der Waals surface area contributed by atoms with E-state index in [1.807, 2.05) is 19.9 Å². The largest absolute Gasteiger partial charge is 0.490 e. The van der Waals surface area contributed by atoms with Gasteiger partial charge in [-0.05, 0) is 65.1 Å². The summed E-state index contributed by atoms with van der Waals surface area (Å²) in [6.45, 7) is 4.99. The normalized spacial score (nSPS) is 12.2. The van der Waals surface area contributed by atoms with Crippen molar-refractivity contribution in [1.29, 1.82) is 0 Å². The highest BCUT2D eigenvalue weighted by atomic mass is 127. The van der Waals surface area contributed by atoms with Crippen LogP contribution in [0.15, 0.2) is 23.6 Å². The van der Waals surface area contributed by atoms with Crippen molar-refractivity contribution in [2.75, 3.05) is 13.2 Å². The number of halogens is 2. The lowest BCUT2D eigenvalue weighted by Crippen LogP contribution is -2.12. The predicted octanol–water partition coefficient (Wildman–Crippen LogP) is 4.85. The van der Waals surface area contributed by atoms with Crippen LogP contribution in [0.5, 0.6) is 11.5 Å². The first-order valence-corrected chi connectivity index (χ1v) is 8.99. The van der Waals surface area contributed by atoms with Crippen LogP contribution in [-0.4, -0.2) is 13.2 Å². The first kappa shape index (κ1) is 16.9. The number of benzene rings is 1. The van der Waals surface area contributed by atoms with E-state index in [9.17, 15) is 0 Å². The molecule has 0 aliphatic carbocycles. The van der Waals surface area contributed by atoms with Crippen LogP contribution >= 0.6 is 45.5 Å². The molecule has 6 heteroatoms. The highest BCUT2D eigenvalue weighted by Crippen LogP contribution is 2.38. The molecule has 0 saturated carbocycles. The van der Waals surface area contributed by atoms with Gasteiger partial charge >= 0.3 is 0 Å². The average molecular weight is 438 g/mol. The fourth-order valence-electron chi connectivity index (χ4n) is 1.99. The van der Waals surface area contributed by atoms with Gasteiger partial charge in [-0.3, -0.25) is 0 Å². The minimum absolute atomic E-state index is 0.271. The van der Waals surface area contributed by atoms with Gasteiger partial charge < -0.3 is 15.2 Å². The SMILES string of the molecule is CCOc1cc(Cl)c(C(N)c2csc(I)c2)cc1OCC. The van der Waals surface area contributed by atoms with E-state index >= 15 is 0 Å². The van der Waals surface area contributed by atoms with E-state index in [1.54, 1.807) is 17.4 Å². The van der Waals surface area contributed by atoms with Crippen molar-refractivity contribution in [3.8, 4) is 11.5 Å². The Bertz CT molecular complexity index is 618. The van der Waals surface area contributed by atoms with Gasteiger partial charge in [-0.15, -0.1) is 11.3 Å². The maximum atomic E-state index is 6.37. The van der Waals surface area contributed by atoms with Gasteiger partial charge in [-0.25, -0.2) is 0 Å². The van der Waals surface area contributed by atoms with Crippen molar-refractivity contribution in [2.24, 2.45) is 5.73 Å². The predicted molar refractivity (Wildman–Crippen MR) is 96.9 cm³/mol. The van der Waals surface area contributed by atoms with E-state index in [0.29, 0.717) is 29.7 Å². The van der Waals surface area contributed by atoms with Crippen LogP contribution in [0.4, 0.5) is 0 Å². The fourth-order valence-corrected chi connectivity index (χ4v) is 3.67. The summed E-state index contributed by atoms with van der Waals surface area (Å²) in [7, 11) is 0. The summed E-state index contributed by atoms with van der Waals surface area (Å²) in [6.07, 6.45) is 0. The molecular weight excluding hydrogens is 421 g/mol. The summed E-state index contributed by atoms with van der Waals surface area (Å²) in [6, 6.07) is 5.46. The second-order valence-corrected chi connectivity index (χ2v) is 7.56. The molecule has 0 amide bonds. The van der Waals surface area contributed by atoms with E-state index in [0.717, 1.165) is 11.1 Å². The molecule has 2 rings (SSSR count). The zero-order valence-corrected chi connectivity index (χ0v) is 15.6. The number of hydrogen-bond acceptors (Lipinski definition) is 4. The molecule has 3 nitrogen and oxygen atoms in total. The lowest BCUT2D eigenvalue weighted by Gasteiger charge is -2.17. The molecular formula is C15H17ClINO2S. The Labute approximate surface area is 147 Å². The topological polar surface area (TPSA) is 44.5 Å². The van der Waals surface area contributed by atoms with Crippen LogP contribution in [0.2, 0.25) is 5.02 Å².